The Morgan fingerprint density at radius 3 is 2.72 bits per heavy atom. The van der Waals surface area contributed by atoms with Gasteiger partial charge in [-0.3, -0.25) is 4.79 Å². The first kappa shape index (κ1) is 17.6. The van der Waals surface area contributed by atoms with Crippen LogP contribution < -0.4 is 4.90 Å². The number of carboxylic acid groups (broad SMARTS) is 1. The van der Waals surface area contributed by atoms with Crippen molar-refractivity contribution < 1.29 is 14.7 Å². The van der Waals surface area contributed by atoms with Crippen molar-refractivity contribution in [2.75, 3.05) is 25.0 Å². The first-order valence-electron chi connectivity index (χ1n) is 8.45. The highest BCUT2D eigenvalue weighted by Crippen LogP contribution is 2.38. The van der Waals surface area contributed by atoms with Gasteiger partial charge in [-0.05, 0) is 51.0 Å². The number of carbonyl (C=O) groups is 2. The van der Waals surface area contributed by atoms with Crippen molar-refractivity contribution in [1.82, 2.24) is 4.90 Å². The quantitative estimate of drug-likeness (QED) is 0.830. The number of nitrogens with zero attached hydrogens (tertiary/aromatic N) is 2. The Bertz CT molecular complexity index is 744. The summed E-state index contributed by atoms with van der Waals surface area (Å²) in [6, 6.07) is 11.6. The lowest BCUT2D eigenvalue weighted by Gasteiger charge is -2.27. The van der Waals surface area contributed by atoms with Crippen LogP contribution >= 0.6 is 11.3 Å². The summed E-state index contributed by atoms with van der Waals surface area (Å²) in [7, 11) is 2.08. The zero-order chi connectivity index (χ0) is 17.8. The molecule has 1 atom stereocenters. The summed E-state index contributed by atoms with van der Waals surface area (Å²) in [6.07, 6.45) is 3.53. The number of anilines is 1. The molecule has 2 aromatic rings. The summed E-state index contributed by atoms with van der Waals surface area (Å²) in [6.45, 7) is 1.92. The topological polar surface area (TPSA) is 60.9 Å². The van der Waals surface area contributed by atoms with Crippen LogP contribution in [0.1, 0.15) is 28.9 Å². The van der Waals surface area contributed by atoms with E-state index in [0.717, 1.165) is 49.2 Å². The van der Waals surface area contributed by atoms with Crippen LogP contribution in [0, 0.1) is 0 Å². The Labute approximate surface area is 151 Å². The summed E-state index contributed by atoms with van der Waals surface area (Å²) in [5, 5.41) is 9.63. The van der Waals surface area contributed by atoms with E-state index in [1.54, 1.807) is 4.90 Å². The molecule has 3 rings (SSSR count). The first-order chi connectivity index (χ1) is 12.1. The fraction of sp³-hybridized carbons (Fsp3) is 0.368. The summed E-state index contributed by atoms with van der Waals surface area (Å²) >= 11 is 1.22. The maximum absolute atomic E-state index is 11.8. The van der Waals surface area contributed by atoms with E-state index in [0.29, 0.717) is 5.69 Å². The molecule has 1 saturated heterocycles. The fourth-order valence-corrected chi connectivity index (χ4v) is 4.31. The van der Waals surface area contributed by atoms with Gasteiger partial charge in [0.25, 0.3) is 0 Å². The van der Waals surface area contributed by atoms with Crippen LogP contribution in [-0.2, 0) is 4.79 Å². The molecule has 1 aliphatic rings. The number of rotatable bonds is 5. The molecule has 0 spiro atoms. The van der Waals surface area contributed by atoms with E-state index >= 15 is 0 Å². The number of amides is 1. The van der Waals surface area contributed by atoms with Crippen molar-refractivity contribution in [3.63, 3.8) is 0 Å². The SMILES string of the molecule is CN1CCCC(N(C=O)c2cc(-c3ccccc3)sc2C(=O)O)CC1. The van der Waals surface area contributed by atoms with Crippen LogP contribution in [0.2, 0.25) is 0 Å². The summed E-state index contributed by atoms with van der Waals surface area (Å²) in [4.78, 5) is 28.6. The zero-order valence-corrected chi connectivity index (χ0v) is 15.0. The molecule has 0 radical (unpaired) electrons. The second-order valence-electron chi connectivity index (χ2n) is 6.40. The minimum Gasteiger partial charge on any atom is -0.477 e. The van der Waals surface area contributed by atoms with Gasteiger partial charge in [-0.1, -0.05) is 30.3 Å². The van der Waals surface area contributed by atoms with Crippen LogP contribution in [0.15, 0.2) is 36.4 Å². The summed E-state index contributed by atoms with van der Waals surface area (Å²) in [5.41, 5.74) is 1.48. The molecule has 1 amide bonds. The van der Waals surface area contributed by atoms with Gasteiger partial charge in [0.2, 0.25) is 6.41 Å². The average molecular weight is 358 g/mol. The molecule has 0 aliphatic carbocycles. The molecule has 25 heavy (non-hydrogen) atoms. The minimum absolute atomic E-state index is 0.0405. The minimum atomic E-state index is -0.986. The monoisotopic (exact) mass is 358 g/mol. The van der Waals surface area contributed by atoms with Crippen molar-refractivity contribution in [3.8, 4) is 10.4 Å². The number of hydrogen-bond acceptors (Lipinski definition) is 4. The molecule has 1 unspecified atom stereocenters. The van der Waals surface area contributed by atoms with Gasteiger partial charge in [-0.25, -0.2) is 4.79 Å². The second-order valence-corrected chi connectivity index (χ2v) is 7.45. The van der Waals surface area contributed by atoms with Gasteiger partial charge in [-0.2, -0.15) is 0 Å². The van der Waals surface area contributed by atoms with E-state index in [1.807, 2.05) is 36.4 Å². The van der Waals surface area contributed by atoms with Crippen LogP contribution in [-0.4, -0.2) is 48.6 Å². The largest absolute Gasteiger partial charge is 0.477 e. The second kappa shape index (κ2) is 7.80. The van der Waals surface area contributed by atoms with Gasteiger partial charge in [0.15, 0.2) is 0 Å². The molecular weight excluding hydrogens is 336 g/mol. The first-order valence-corrected chi connectivity index (χ1v) is 9.26. The Morgan fingerprint density at radius 2 is 2.04 bits per heavy atom. The molecule has 1 aromatic carbocycles. The highest BCUT2D eigenvalue weighted by molar-refractivity contribution is 7.18. The number of aromatic carboxylic acids is 1. The van der Waals surface area contributed by atoms with E-state index in [1.165, 1.54) is 11.3 Å². The smallest absolute Gasteiger partial charge is 0.348 e. The standard InChI is InChI=1S/C19H22N2O3S/c1-20-10-5-8-15(9-11-20)21(13-22)16-12-17(25-18(16)19(23)24)14-6-3-2-4-7-14/h2-4,6-7,12-13,15H,5,8-11H2,1H3,(H,23,24). The van der Waals surface area contributed by atoms with Crippen molar-refractivity contribution in [2.45, 2.75) is 25.3 Å². The molecule has 1 N–H and O–H groups in total. The van der Waals surface area contributed by atoms with Crippen LogP contribution in [0.5, 0.6) is 0 Å². The summed E-state index contributed by atoms with van der Waals surface area (Å²) < 4.78 is 0. The average Bonchev–Trinajstić information content (AvgIpc) is 2.95. The van der Waals surface area contributed by atoms with Gasteiger partial charge in [0, 0.05) is 10.9 Å². The number of thiophene rings is 1. The lowest BCUT2D eigenvalue weighted by Crippen LogP contribution is -2.35. The summed E-state index contributed by atoms with van der Waals surface area (Å²) in [5.74, 6) is -0.986. The molecule has 132 valence electrons. The van der Waals surface area contributed by atoms with Gasteiger partial charge >= 0.3 is 5.97 Å². The van der Waals surface area contributed by atoms with E-state index in [2.05, 4.69) is 11.9 Å². The van der Waals surface area contributed by atoms with Crippen LogP contribution in [0.4, 0.5) is 5.69 Å². The third-order valence-corrected chi connectivity index (χ3v) is 5.83. The normalized spacial score (nSPS) is 18.5. The van der Waals surface area contributed by atoms with Gasteiger partial charge in [0.05, 0.1) is 5.69 Å². The molecule has 1 aliphatic heterocycles. The Balaban J connectivity index is 1.97. The molecule has 5 nitrogen and oxygen atoms in total. The molecule has 6 heteroatoms. The third-order valence-electron chi connectivity index (χ3n) is 4.67. The van der Waals surface area contributed by atoms with Crippen LogP contribution in [0.25, 0.3) is 10.4 Å². The van der Waals surface area contributed by atoms with Crippen molar-refractivity contribution in [3.05, 3.63) is 41.3 Å². The van der Waals surface area contributed by atoms with E-state index in [-0.39, 0.29) is 10.9 Å². The predicted octanol–water partition coefficient (Wildman–Crippen LogP) is 3.56. The zero-order valence-electron chi connectivity index (χ0n) is 14.2. The van der Waals surface area contributed by atoms with Crippen molar-refractivity contribution in [2.24, 2.45) is 0 Å². The third kappa shape index (κ3) is 3.91. The van der Waals surface area contributed by atoms with Gasteiger partial charge in [0.1, 0.15) is 4.88 Å². The Kier molecular flexibility index (Phi) is 5.50. The number of carboxylic acids is 1. The number of hydrogen-bond donors (Lipinski definition) is 1. The molecule has 1 aromatic heterocycles. The maximum atomic E-state index is 11.8. The lowest BCUT2D eigenvalue weighted by molar-refractivity contribution is -0.107. The van der Waals surface area contributed by atoms with Gasteiger partial charge in [-0.15, -0.1) is 11.3 Å². The number of carbonyl (C=O) groups excluding carboxylic acids is 1. The number of benzene rings is 1. The predicted molar refractivity (Wildman–Crippen MR) is 100 cm³/mol. The molecule has 2 heterocycles. The van der Waals surface area contributed by atoms with Crippen molar-refractivity contribution in [1.29, 1.82) is 0 Å². The molecule has 1 fully saturated rings. The maximum Gasteiger partial charge on any atom is 0.348 e. The van der Waals surface area contributed by atoms with Crippen LogP contribution in [0.3, 0.4) is 0 Å². The van der Waals surface area contributed by atoms with Crippen molar-refractivity contribution >= 4 is 29.4 Å². The fourth-order valence-electron chi connectivity index (χ4n) is 3.31. The molecule has 0 saturated carbocycles. The number of likely N-dealkylation sites (tertiary alicyclic amines) is 1. The lowest BCUT2D eigenvalue weighted by atomic mass is 10.1. The highest BCUT2D eigenvalue weighted by Gasteiger charge is 2.27. The Hall–Kier alpha value is -2.18. The highest BCUT2D eigenvalue weighted by atomic mass is 32.1. The molecule has 0 bridgehead atoms. The van der Waals surface area contributed by atoms with E-state index in [9.17, 15) is 14.7 Å². The Morgan fingerprint density at radius 1 is 1.28 bits per heavy atom. The van der Waals surface area contributed by atoms with Gasteiger partial charge < -0.3 is 14.9 Å². The van der Waals surface area contributed by atoms with E-state index in [4.69, 9.17) is 0 Å². The molecular formula is C19H22N2O3S. The van der Waals surface area contributed by atoms with E-state index < -0.39 is 5.97 Å².